The molecule has 5 nitrogen and oxygen atoms in total. The fourth-order valence-corrected chi connectivity index (χ4v) is 2.62. The number of rotatable bonds is 3. The average molecular weight is 328 g/mol. The van der Waals surface area contributed by atoms with Gasteiger partial charge in [0.1, 0.15) is 5.69 Å². The number of hydrogen-bond acceptors (Lipinski definition) is 3. The van der Waals surface area contributed by atoms with Crippen LogP contribution in [0.3, 0.4) is 0 Å². The lowest BCUT2D eigenvalue weighted by atomic mass is 10.00. The van der Waals surface area contributed by atoms with Crippen LogP contribution in [0.15, 0.2) is 48.5 Å². The number of carbonyl (C=O) groups is 2. The molecule has 1 heterocycles. The van der Waals surface area contributed by atoms with Crippen LogP contribution in [0.4, 0.5) is 0 Å². The molecule has 2 aromatic carbocycles. The SMILES string of the molecule is O=C(O)c1cc(C(=O)O)c2cc(-c3ccccc3Cl)ccc2n1. The van der Waals surface area contributed by atoms with Gasteiger partial charge < -0.3 is 10.2 Å². The van der Waals surface area contributed by atoms with Gasteiger partial charge in [-0.05, 0) is 29.8 Å². The number of aromatic nitrogens is 1. The smallest absolute Gasteiger partial charge is 0.354 e. The molecule has 114 valence electrons. The first-order chi connectivity index (χ1) is 11.0. The second kappa shape index (κ2) is 5.70. The fourth-order valence-electron chi connectivity index (χ4n) is 2.38. The van der Waals surface area contributed by atoms with Crippen molar-refractivity contribution in [3.63, 3.8) is 0 Å². The second-order valence-electron chi connectivity index (χ2n) is 4.88. The molecule has 0 spiro atoms. The van der Waals surface area contributed by atoms with Gasteiger partial charge in [0.2, 0.25) is 0 Å². The summed E-state index contributed by atoms with van der Waals surface area (Å²) in [6.07, 6.45) is 0. The molecule has 0 atom stereocenters. The van der Waals surface area contributed by atoms with Gasteiger partial charge in [0.25, 0.3) is 0 Å². The molecule has 0 bridgehead atoms. The molecule has 3 aromatic rings. The summed E-state index contributed by atoms with van der Waals surface area (Å²) >= 11 is 6.17. The molecule has 23 heavy (non-hydrogen) atoms. The number of carboxylic acids is 2. The third kappa shape index (κ3) is 2.74. The molecule has 0 fully saturated rings. The Morgan fingerprint density at radius 1 is 0.957 bits per heavy atom. The van der Waals surface area contributed by atoms with Crippen LogP contribution in [0.1, 0.15) is 20.8 Å². The van der Waals surface area contributed by atoms with E-state index < -0.39 is 11.9 Å². The van der Waals surface area contributed by atoms with E-state index in [4.69, 9.17) is 16.7 Å². The Kier molecular flexibility index (Phi) is 3.72. The molecule has 0 radical (unpaired) electrons. The summed E-state index contributed by atoms with van der Waals surface area (Å²) in [7, 11) is 0. The van der Waals surface area contributed by atoms with Gasteiger partial charge in [0.15, 0.2) is 0 Å². The van der Waals surface area contributed by atoms with Gasteiger partial charge in [0.05, 0.1) is 11.1 Å². The first-order valence-corrected chi connectivity index (χ1v) is 7.01. The standard InChI is InChI=1S/C17H10ClNO4/c18-13-4-2-1-3-10(13)9-5-6-14-11(7-9)12(16(20)21)8-15(19-14)17(22)23/h1-8H,(H,20,21)(H,22,23). The van der Waals surface area contributed by atoms with Crippen LogP contribution in [-0.2, 0) is 0 Å². The number of aromatic carboxylic acids is 2. The molecule has 0 aliphatic rings. The predicted molar refractivity (Wildman–Crippen MR) is 86.1 cm³/mol. The van der Waals surface area contributed by atoms with Crippen LogP contribution in [0, 0.1) is 0 Å². The average Bonchev–Trinajstić information content (AvgIpc) is 2.53. The molecule has 0 amide bonds. The van der Waals surface area contributed by atoms with Crippen LogP contribution >= 0.6 is 11.6 Å². The monoisotopic (exact) mass is 327 g/mol. The first kappa shape index (κ1) is 15.0. The largest absolute Gasteiger partial charge is 0.478 e. The van der Waals surface area contributed by atoms with E-state index in [1.807, 2.05) is 12.1 Å². The molecular formula is C17H10ClNO4. The minimum atomic E-state index is -1.27. The summed E-state index contributed by atoms with van der Waals surface area (Å²) in [6, 6.07) is 13.2. The highest BCUT2D eigenvalue weighted by atomic mass is 35.5. The number of nitrogens with zero attached hydrogens (tertiary/aromatic N) is 1. The summed E-state index contributed by atoms with van der Waals surface area (Å²) in [6.45, 7) is 0. The molecule has 0 unspecified atom stereocenters. The third-order valence-corrected chi connectivity index (χ3v) is 3.77. The summed E-state index contributed by atoms with van der Waals surface area (Å²) in [5, 5.41) is 19.3. The van der Waals surface area contributed by atoms with Crippen molar-refractivity contribution >= 4 is 34.4 Å². The highest BCUT2D eigenvalue weighted by Gasteiger charge is 2.16. The lowest BCUT2D eigenvalue weighted by Crippen LogP contribution is -2.06. The van der Waals surface area contributed by atoms with Crippen LogP contribution in [0.5, 0.6) is 0 Å². The van der Waals surface area contributed by atoms with Crippen LogP contribution < -0.4 is 0 Å². The van der Waals surface area contributed by atoms with E-state index in [9.17, 15) is 14.7 Å². The Hall–Kier alpha value is -2.92. The predicted octanol–water partition coefficient (Wildman–Crippen LogP) is 3.95. The van der Waals surface area contributed by atoms with E-state index >= 15 is 0 Å². The van der Waals surface area contributed by atoms with Gasteiger partial charge in [-0.2, -0.15) is 0 Å². The molecule has 3 rings (SSSR count). The highest BCUT2D eigenvalue weighted by Crippen LogP contribution is 2.31. The van der Waals surface area contributed by atoms with Crippen molar-refractivity contribution < 1.29 is 19.8 Å². The summed E-state index contributed by atoms with van der Waals surface area (Å²) in [5.41, 5.74) is 1.38. The van der Waals surface area contributed by atoms with Gasteiger partial charge in [-0.3, -0.25) is 0 Å². The van der Waals surface area contributed by atoms with E-state index in [1.165, 1.54) is 0 Å². The maximum Gasteiger partial charge on any atom is 0.354 e. The topological polar surface area (TPSA) is 87.5 Å². The minimum absolute atomic E-state index is 0.110. The minimum Gasteiger partial charge on any atom is -0.478 e. The molecule has 0 saturated heterocycles. The van der Waals surface area contributed by atoms with Crippen molar-refractivity contribution in [3.8, 4) is 11.1 Å². The number of carboxylic acid groups (broad SMARTS) is 2. The zero-order valence-electron chi connectivity index (χ0n) is 11.7. The molecular weight excluding hydrogens is 318 g/mol. The van der Waals surface area contributed by atoms with Crippen molar-refractivity contribution in [1.29, 1.82) is 0 Å². The Labute approximate surface area is 135 Å². The first-order valence-electron chi connectivity index (χ1n) is 6.63. The van der Waals surface area contributed by atoms with E-state index in [0.29, 0.717) is 15.9 Å². The maximum absolute atomic E-state index is 11.5. The van der Waals surface area contributed by atoms with E-state index in [-0.39, 0.29) is 11.3 Å². The van der Waals surface area contributed by atoms with Crippen molar-refractivity contribution in [3.05, 3.63) is 64.8 Å². The van der Waals surface area contributed by atoms with Gasteiger partial charge in [0, 0.05) is 16.0 Å². The Morgan fingerprint density at radius 2 is 1.70 bits per heavy atom. The summed E-state index contributed by atoms with van der Waals surface area (Å²) < 4.78 is 0. The highest BCUT2D eigenvalue weighted by molar-refractivity contribution is 6.33. The molecule has 2 N–H and O–H groups in total. The Bertz CT molecular complexity index is 952. The Morgan fingerprint density at radius 3 is 2.35 bits per heavy atom. The quantitative estimate of drug-likeness (QED) is 0.760. The second-order valence-corrected chi connectivity index (χ2v) is 5.28. The van der Waals surface area contributed by atoms with E-state index in [2.05, 4.69) is 4.98 Å². The van der Waals surface area contributed by atoms with Crippen molar-refractivity contribution in [2.75, 3.05) is 0 Å². The van der Waals surface area contributed by atoms with Gasteiger partial charge in [-0.15, -0.1) is 0 Å². The lowest BCUT2D eigenvalue weighted by molar-refractivity contribution is 0.0691. The van der Waals surface area contributed by atoms with Crippen molar-refractivity contribution in [1.82, 2.24) is 4.98 Å². The maximum atomic E-state index is 11.5. The lowest BCUT2D eigenvalue weighted by Gasteiger charge is -2.08. The van der Waals surface area contributed by atoms with Gasteiger partial charge in [-0.25, -0.2) is 14.6 Å². The van der Waals surface area contributed by atoms with Gasteiger partial charge >= 0.3 is 11.9 Å². The zero-order chi connectivity index (χ0) is 16.6. The van der Waals surface area contributed by atoms with Crippen LogP contribution in [-0.4, -0.2) is 27.1 Å². The summed E-state index contributed by atoms with van der Waals surface area (Å²) in [4.78, 5) is 26.5. The fraction of sp³-hybridized carbons (Fsp3) is 0. The molecule has 1 aromatic heterocycles. The number of pyridine rings is 1. The third-order valence-electron chi connectivity index (χ3n) is 3.44. The normalized spacial score (nSPS) is 10.7. The van der Waals surface area contributed by atoms with E-state index in [0.717, 1.165) is 17.2 Å². The zero-order valence-corrected chi connectivity index (χ0v) is 12.4. The van der Waals surface area contributed by atoms with E-state index in [1.54, 1.807) is 30.3 Å². The van der Waals surface area contributed by atoms with Crippen molar-refractivity contribution in [2.24, 2.45) is 0 Å². The molecule has 0 aliphatic carbocycles. The summed E-state index contributed by atoms with van der Waals surface area (Å²) in [5.74, 6) is -2.49. The number of benzene rings is 2. The van der Waals surface area contributed by atoms with Crippen molar-refractivity contribution in [2.45, 2.75) is 0 Å². The van der Waals surface area contributed by atoms with Crippen LogP contribution in [0.25, 0.3) is 22.0 Å². The molecule has 6 heteroatoms. The Balaban J connectivity index is 2.29. The van der Waals surface area contributed by atoms with Crippen LogP contribution in [0.2, 0.25) is 5.02 Å². The van der Waals surface area contributed by atoms with Gasteiger partial charge in [-0.1, -0.05) is 35.9 Å². The molecule has 0 saturated carbocycles. The molecule has 0 aliphatic heterocycles. The number of halogens is 1. The number of fused-ring (bicyclic) bond motifs is 1. The number of hydrogen-bond donors (Lipinski definition) is 2.